The number of rotatable bonds is 6. The number of anilines is 1. The molecule has 0 saturated carbocycles. The molecule has 0 spiro atoms. The van der Waals surface area contributed by atoms with Crippen LogP contribution in [-0.4, -0.2) is 30.7 Å². The molecule has 0 aliphatic carbocycles. The Morgan fingerprint density at radius 3 is 2.38 bits per heavy atom. The number of hydrogen-bond donors (Lipinski definition) is 2. The number of carbonyl (C=O) groups is 2. The van der Waals surface area contributed by atoms with Crippen molar-refractivity contribution in [3.63, 3.8) is 0 Å². The maximum Gasteiger partial charge on any atom is 0.343 e. The first-order valence-corrected chi connectivity index (χ1v) is 7.53. The predicted molar refractivity (Wildman–Crippen MR) is 94.3 cm³/mol. The lowest BCUT2D eigenvalue weighted by molar-refractivity contribution is -0.142. The highest BCUT2D eigenvalue weighted by Crippen LogP contribution is 2.17. The van der Waals surface area contributed by atoms with Gasteiger partial charge in [0.15, 0.2) is 6.61 Å². The van der Waals surface area contributed by atoms with Gasteiger partial charge in [-0.2, -0.15) is 5.26 Å². The van der Waals surface area contributed by atoms with Crippen LogP contribution in [0.1, 0.15) is 5.56 Å². The number of phenols is 1. The Balaban J connectivity index is 2.05. The van der Waals surface area contributed by atoms with E-state index in [2.05, 4.69) is 10.1 Å². The van der Waals surface area contributed by atoms with E-state index >= 15 is 0 Å². The van der Waals surface area contributed by atoms with Crippen LogP contribution in [0.2, 0.25) is 0 Å². The third-order valence-corrected chi connectivity index (χ3v) is 3.27. The molecule has 7 nitrogen and oxygen atoms in total. The summed E-state index contributed by atoms with van der Waals surface area (Å²) in [4.78, 5) is 23.2. The molecule has 2 N–H and O–H groups in total. The van der Waals surface area contributed by atoms with Crippen molar-refractivity contribution in [2.24, 2.45) is 0 Å². The second kappa shape index (κ2) is 8.89. The second-order valence-corrected chi connectivity index (χ2v) is 5.10. The van der Waals surface area contributed by atoms with E-state index in [1.807, 2.05) is 6.07 Å². The average Bonchev–Trinajstić information content (AvgIpc) is 2.66. The van der Waals surface area contributed by atoms with E-state index in [9.17, 15) is 20.0 Å². The zero-order valence-corrected chi connectivity index (χ0v) is 13.9. The van der Waals surface area contributed by atoms with E-state index in [1.54, 1.807) is 24.3 Å². The molecule has 0 bridgehead atoms. The minimum Gasteiger partial charge on any atom is -0.508 e. The number of ether oxygens (including phenoxy) is 2. The molecule has 1 amide bonds. The quantitative estimate of drug-likeness (QED) is 0.358. The summed E-state index contributed by atoms with van der Waals surface area (Å²) in [5.74, 6) is -0.524. The minimum atomic E-state index is -0.566. The number of benzene rings is 2. The molecule has 132 valence electrons. The minimum absolute atomic E-state index is 0.0774. The van der Waals surface area contributed by atoms with Crippen molar-refractivity contribution in [1.29, 1.82) is 5.26 Å². The molecule has 2 aromatic carbocycles. The van der Waals surface area contributed by atoms with Crippen LogP contribution in [-0.2, 0) is 14.3 Å². The van der Waals surface area contributed by atoms with E-state index in [1.165, 1.54) is 37.5 Å². The number of hydrogen-bond acceptors (Lipinski definition) is 6. The van der Waals surface area contributed by atoms with E-state index in [-0.39, 0.29) is 17.9 Å². The van der Waals surface area contributed by atoms with Crippen molar-refractivity contribution in [3.8, 4) is 17.6 Å². The number of methoxy groups -OCH3 is 1. The summed E-state index contributed by atoms with van der Waals surface area (Å²) in [5.41, 5.74) is 0.995. The molecule has 2 aromatic rings. The molecule has 26 heavy (non-hydrogen) atoms. The molecule has 2 rings (SSSR count). The number of phenolic OH excluding ortho intramolecular Hbond substituents is 1. The van der Waals surface area contributed by atoms with Gasteiger partial charge in [-0.1, -0.05) is 12.1 Å². The van der Waals surface area contributed by atoms with Gasteiger partial charge in [0.1, 0.15) is 23.1 Å². The topological polar surface area (TPSA) is 109 Å². The monoisotopic (exact) mass is 352 g/mol. The van der Waals surface area contributed by atoms with Crippen LogP contribution in [0.25, 0.3) is 6.08 Å². The third kappa shape index (κ3) is 5.39. The molecular weight excluding hydrogens is 336 g/mol. The summed E-state index contributed by atoms with van der Waals surface area (Å²) in [7, 11) is 1.27. The number of carbonyl (C=O) groups excluding carboxylic acids is 2. The number of aromatic hydroxyl groups is 1. The van der Waals surface area contributed by atoms with Gasteiger partial charge in [-0.3, -0.25) is 4.79 Å². The molecule has 0 aliphatic rings. The lowest BCUT2D eigenvalue weighted by Gasteiger charge is -2.06. The van der Waals surface area contributed by atoms with E-state index in [4.69, 9.17) is 4.74 Å². The van der Waals surface area contributed by atoms with E-state index < -0.39 is 11.9 Å². The van der Waals surface area contributed by atoms with Gasteiger partial charge < -0.3 is 19.9 Å². The Bertz CT molecular complexity index is 849. The van der Waals surface area contributed by atoms with Crippen molar-refractivity contribution in [2.75, 3.05) is 19.0 Å². The highest BCUT2D eigenvalue weighted by atomic mass is 16.6. The molecule has 0 aromatic heterocycles. The highest BCUT2D eigenvalue weighted by Gasteiger charge is 2.10. The molecule has 0 fully saturated rings. The van der Waals surface area contributed by atoms with Crippen molar-refractivity contribution < 1.29 is 24.2 Å². The Labute approximate surface area is 150 Å². The largest absolute Gasteiger partial charge is 0.508 e. The molecule has 7 heteroatoms. The SMILES string of the molecule is COC(=O)COc1ccc(/C=C(/C#N)C(=O)Nc2ccc(O)cc2)cc1. The summed E-state index contributed by atoms with van der Waals surface area (Å²) in [6.45, 7) is -0.204. The maximum atomic E-state index is 12.2. The van der Waals surface area contributed by atoms with Gasteiger partial charge in [0.05, 0.1) is 7.11 Å². The fraction of sp³-hybridized carbons (Fsp3) is 0.105. The molecule has 0 radical (unpaired) electrons. The van der Waals surface area contributed by atoms with E-state index in [0.717, 1.165) is 0 Å². The van der Waals surface area contributed by atoms with Gasteiger partial charge in [0.2, 0.25) is 0 Å². The molecule has 0 saturated heterocycles. The molecule has 0 atom stereocenters. The molecular formula is C19H16N2O5. The summed E-state index contributed by atoms with van der Waals surface area (Å²) in [6.07, 6.45) is 1.43. The Kier molecular flexibility index (Phi) is 6.34. The number of esters is 1. The maximum absolute atomic E-state index is 12.2. The lowest BCUT2D eigenvalue weighted by Crippen LogP contribution is -2.13. The summed E-state index contributed by atoms with van der Waals surface area (Å²) >= 11 is 0. The van der Waals surface area contributed by atoms with Gasteiger partial charge in [-0.15, -0.1) is 0 Å². The first kappa shape index (κ1) is 18.5. The predicted octanol–water partition coefficient (Wildman–Crippen LogP) is 2.49. The third-order valence-electron chi connectivity index (χ3n) is 3.27. The van der Waals surface area contributed by atoms with Gasteiger partial charge in [-0.05, 0) is 48.0 Å². The second-order valence-electron chi connectivity index (χ2n) is 5.10. The van der Waals surface area contributed by atoms with Crippen LogP contribution >= 0.6 is 0 Å². The standard InChI is InChI=1S/C19H16N2O5/c1-25-18(23)12-26-17-8-2-13(3-9-17)10-14(11-20)19(24)21-15-4-6-16(22)7-5-15/h2-10,22H,12H2,1H3,(H,21,24)/b14-10-. The fourth-order valence-corrected chi connectivity index (χ4v) is 1.92. The highest BCUT2D eigenvalue weighted by molar-refractivity contribution is 6.09. The van der Waals surface area contributed by atoms with Crippen LogP contribution in [0, 0.1) is 11.3 Å². The Morgan fingerprint density at radius 1 is 1.15 bits per heavy atom. The normalized spacial score (nSPS) is 10.5. The first-order chi connectivity index (χ1) is 12.5. The van der Waals surface area contributed by atoms with Crippen LogP contribution in [0.15, 0.2) is 54.1 Å². The van der Waals surface area contributed by atoms with Crippen LogP contribution in [0.5, 0.6) is 11.5 Å². The van der Waals surface area contributed by atoms with Crippen molar-refractivity contribution in [2.45, 2.75) is 0 Å². The number of amides is 1. The lowest BCUT2D eigenvalue weighted by atomic mass is 10.1. The zero-order chi connectivity index (χ0) is 18.9. The summed E-state index contributed by atoms with van der Waals surface area (Å²) in [5, 5.41) is 21.0. The van der Waals surface area contributed by atoms with Gasteiger partial charge >= 0.3 is 5.97 Å². The zero-order valence-electron chi connectivity index (χ0n) is 13.9. The first-order valence-electron chi connectivity index (χ1n) is 7.53. The average molecular weight is 352 g/mol. The number of nitriles is 1. The van der Waals surface area contributed by atoms with Crippen LogP contribution in [0.4, 0.5) is 5.69 Å². The van der Waals surface area contributed by atoms with Gasteiger partial charge in [0, 0.05) is 5.69 Å². The van der Waals surface area contributed by atoms with Gasteiger partial charge in [0.25, 0.3) is 5.91 Å². The van der Waals surface area contributed by atoms with E-state index in [0.29, 0.717) is 17.0 Å². The summed E-state index contributed by atoms with van der Waals surface area (Å²) in [6, 6.07) is 14.3. The van der Waals surface area contributed by atoms with Crippen molar-refractivity contribution >= 4 is 23.6 Å². The summed E-state index contributed by atoms with van der Waals surface area (Å²) < 4.78 is 9.70. The smallest absolute Gasteiger partial charge is 0.343 e. The fourth-order valence-electron chi connectivity index (χ4n) is 1.92. The Hall–Kier alpha value is -3.79. The number of nitrogens with zero attached hydrogens (tertiary/aromatic N) is 1. The van der Waals surface area contributed by atoms with Crippen molar-refractivity contribution in [3.05, 3.63) is 59.7 Å². The van der Waals surface area contributed by atoms with Crippen LogP contribution in [0.3, 0.4) is 0 Å². The molecule has 0 unspecified atom stereocenters. The van der Waals surface area contributed by atoms with Gasteiger partial charge in [-0.25, -0.2) is 4.79 Å². The number of nitrogens with one attached hydrogen (secondary N) is 1. The van der Waals surface area contributed by atoms with Crippen LogP contribution < -0.4 is 10.1 Å². The Morgan fingerprint density at radius 2 is 1.81 bits per heavy atom. The van der Waals surface area contributed by atoms with Crippen molar-refractivity contribution in [1.82, 2.24) is 0 Å². The molecule has 0 aliphatic heterocycles. The molecule has 0 heterocycles.